The molecule has 5 nitrogen and oxygen atoms in total. The highest BCUT2D eigenvalue weighted by Crippen LogP contribution is 2.13. The number of carbonyl (C=O) groups is 2. The van der Waals surface area contributed by atoms with Crippen molar-refractivity contribution in [1.29, 1.82) is 0 Å². The first-order valence-electron chi connectivity index (χ1n) is 6.49. The number of nitrogens with zero attached hydrogens (tertiary/aromatic N) is 1. The van der Waals surface area contributed by atoms with Gasteiger partial charge in [-0.2, -0.15) is 0 Å². The topological polar surface area (TPSA) is 55.8 Å². The average Bonchev–Trinajstić information content (AvgIpc) is 2.11. The van der Waals surface area contributed by atoms with E-state index in [9.17, 15) is 9.59 Å². The van der Waals surface area contributed by atoms with E-state index in [4.69, 9.17) is 9.47 Å². The van der Waals surface area contributed by atoms with Crippen LogP contribution in [0.1, 0.15) is 48.5 Å². The monoisotopic (exact) mass is 273 g/mol. The Hall–Kier alpha value is -1.26. The van der Waals surface area contributed by atoms with Gasteiger partial charge >= 0.3 is 12.1 Å². The summed E-state index contributed by atoms with van der Waals surface area (Å²) < 4.78 is 10.5. The molecule has 0 aliphatic heterocycles. The standard InChI is InChI=1S/C14H27NO4/c1-10(11(16)18-13(2,3)4)9-15(8)12(17)19-14(5,6)7/h10H,9H2,1-8H3. The number of esters is 1. The van der Waals surface area contributed by atoms with Gasteiger partial charge in [0.15, 0.2) is 0 Å². The summed E-state index contributed by atoms with van der Waals surface area (Å²) in [4.78, 5) is 24.9. The summed E-state index contributed by atoms with van der Waals surface area (Å²) in [5.41, 5.74) is -1.06. The van der Waals surface area contributed by atoms with Crippen LogP contribution in [0.2, 0.25) is 0 Å². The minimum Gasteiger partial charge on any atom is -0.460 e. The number of rotatable bonds is 3. The van der Waals surface area contributed by atoms with Gasteiger partial charge in [0.1, 0.15) is 11.2 Å². The summed E-state index contributed by atoms with van der Waals surface area (Å²) in [7, 11) is 1.61. The SMILES string of the molecule is CC(CN(C)C(=O)OC(C)(C)C)C(=O)OC(C)(C)C. The molecule has 0 aromatic heterocycles. The van der Waals surface area contributed by atoms with E-state index in [-0.39, 0.29) is 12.5 Å². The lowest BCUT2D eigenvalue weighted by Crippen LogP contribution is -2.39. The van der Waals surface area contributed by atoms with Crippen molar-refractivity contribution in [3.8, 4) is 0 Å². The van der Waals surface area contributed by atoms with Crippen LogP contribution in [0.25, 0.3) is 0 Å². The Kier molecular flexibility index (Phi) is 5.84. The summed E-state index contributed by atoms with van der Waals surface area (Å²) in [6, 6.07) is 0. The maximum atomic E-state index is 11.8. The van der Waals surface area contributed by atoms with E-state index < -0.39 is 23.2 Å². The minimum absolute atomic E-state index is 0.268. The summed E-state index contributed by atoms with van der Waals surface area (Å²) in [5.74, 6) is -0.709. The second kappa shape index (κ2) is 6.26. The zero-order valence-electron chi connectivity index (χ0n) is 13.4. The molecule has 0 saturated heterocycles. The van der Waals surface area contributed by atoms with E-state index in [1.54, 1.807) is 34.7 Å². The number of hydrogen-bond acceptors (Lipinski definition) is 4. The molecule has 0 bridgehead atoms. The summed E-state index contributed by atoms with van der Waals surface area (Å²) in [6.45, 7) is 12.8. The number of hydrogen-bond donors (Lipinski definition) is 0. The predicted octanol–water partition coefficient (Wildman–Crippen LogP) is 2.83. The van der Waals surface area contributed by atoms with E-state index in [0.29, 0.717) is 0 Å². The number of amides is 1. The summed E-state index contributed by atoms with van der Waals surface area (Å²) >= 11 is 0. The molecule has 0 aromatic rings. The lowest BCUT2D eigenvalue weighted by Gasteiger charge is -2.27. The van der Waals surface area contributed by atoms with E-state index in [1.807, 2.05) is 20.8 Å². The van der Waals surface area contributed by atoms with Gasteiger partial charge in [-0.1, -0.05) is 6.92 Å². The lowest BCUT2D eigenvalue weighted by atomic mass is 10.1. The predicted molar refractivity (Wildman–Crippen MR) is 73.9 cm³/mol. The lowest BCUT2D eigenvalue weighted by molar-refractivity contribution is -0.159. The van der Waals surface area contributed by atoms with Crippen molar-refractivity contribution in [3.63, 3.8) is 0 Å². The van der Waals surface area contributed by atoms with Gasteiger partial charge in [-0.25, -0.2) is 4.79 Å². The molecule has 1 amide bonds. The van der Waals surface area contributed by atoms with Crippen LogP contribution in [0, 0.1) is 5.92 Å². The quantitative estimate of drug-likeness (QED) is 0.742. The first-order valence-corrected chi connectivity index (χ1v) is 6.49. The Labute approximate surface area is 116 Å². The largest absolute Gasteiger partial charge is 0.460 e. The van der Waals surface area contributed by atoms with Crippen molar-refractivity contribution in [1.82, 2.24) is 4.90 Å². The Balaban J connectivity index is 4.36. The molecular weight excluding hydrogens is 246 g/mol. The molecule has 0 saturated carbocycles. The van der Waals surface area contributed by atoms with Crippen molar-refractivity contribution in [2.75, 3.05) is 13.6 Å². The Morgan fingerprint density at radius 2 is 1.42 bits per heavy atom. The van der Waals surface area contributed by atoms with Gasteiger partial charge in [0.25, 0.3) is 0 Å². The van der Waals surface area contributed by atoms with E-state index in [2.05, 4.69) is 0 Å². The summed E-state index contributed by atoms with van der Waals surface area (Å²) in [5, 5.41) is 0. The third-order valence-corrected chi connectivity index (χ3v) is 2.06. The van der Waals surface area contributed by atoms with Crippen LogP contribution < -0.4 is 0 Å². The molecule has 112 valence electrons. The molecule has 0 fully saturated rings. The van der Waals surface area contributed by atoms with Crippen molar-refractivity contribution in [2.45, 2.75) is 59.7 Å². The van der Waals surface area contributed by atoms with Gasteiger partial charge in [0.05, 0.1) is 5.92 Å². The molecule has 19 heavy (non-hydrogen) atoms. The van der Waals surface area contributed by atoms with Crippen LogP contribution in [0.15, 0.2) is 0 Å². The smallest absolute Gasteiger partial charge is 0.410 e. The molecule has 0 radical (unpaired) electrons. The molecule has 0 N–H and O–H groups in total. The van der Waals surface area contributed by atoms with Gasteiger partial charge in [0.2, 0.25) is 0 Å². The Bertz CT molecular complexity index is 293. The van der Waals surface area contributed by atoms with Crippen LogP contribution in [-0.4, -0.2) is 41.8 Å². The number of ether oxygens (including phenoxy) is 2. The molecule has 1 unspecified atom stereocenters. The summed E-state index contributed by atoms with van der Waals surface area (Å²) in [6.07, 6.45) is -0.442. The highest BCUT2D eigenvalue weighted by Gasteiger charge is 2.26. The van der Waals surface area contributed by atoms with Crippen LogP contribution >= 0.6 is 0 Å². The van der Waals surface area contributed by atoms with Crippen LogP contribution in [-0.2, 0) is 14.3 Å². The normalized spacial score (nSPS) is 13.7. The molecule has 0 spiro atoms. The zero-order valence-corrected chi connectivity index (χ0v) is 13.4. The molecule has 5 heteroatoms. The molecule has 0 aliphatic rings. The minimum atomic E-state index is -0.541. The van der Waals surface area contributed by atoms with Gasteiger partial charge in [-0.3, -0.25) is 4.79 Å². The van der Waals surface area contributed by atoms with Crippen molar-refractivity contribution < 1.29 is 19.1 Å². The van der Waals surface area contributed by atoms with Crippen LogP contribution in [0.5, 0.6) is 0 Å². The molecule has 0 heterocycles. The second-order valence-corrected chi connectivity index (χ2v) is 6.80. The van der Waals surface area contributed by atoms with E-state index in [1.165, 1.54) is 4.90 Å². The first-order chi connectivity index (χ1) is 8.32. The van der Waals surface area contributed by atoms with Gasteiger partial charge in [-0.05, 0) is 41.5 Å². The fraction of sp³-hybridized carbons (Fsp3) is 0.857. The molecule has 0 rings (SSSR count). The zero-order chi connectivity index (χ0) is 15.4. The van der Waals surface area contributed by atoms with E-state index in [0.717, 1.165) is 0 Å². The Morgan fingerprint density at radius 1 is 1.00 bits per heavy atom. The average molecular weight is 273 g/mol. The van der Waals surface area contributed by atoms with Crippen molar-refractivity contribution in [3.05, 3.63) is 0 Å². The molecular formula is C14H27NO4. The number of carbonyl (C=O) groups excluding carboxylic acids is 2. The maximum Gasteiger partial charge on any atom is 0.410 e. The molecule has 0 aliphatic carbocycles. The van der Waals surface area contributed by atoms with Crippen LogP contribution in [0.4, 0.5) is 4.79 Å². The molecule has 0 aromatic carbocycles. The van der Waals surface area contributed by atoms with Crippen molar-refractivity contribution in [2.24, 2.45) is 5.92 Å². The van der Waals surface area contributed by atoms with Gasteiger partial charge in [-0.15, -0.1) is 0 Å². The van der Waals surface area contributed by atoms with Crippen molar-refractivity contribution >= 4 is 12.1 Å². The Morgan fingerprint density at radius 3 is 1.79 bits per heavy atom. The first kappa shape index (κ1) is 17.7. The maximum absolute atomic E-state index is 11.8. The van der Waals surface area contributed by atoms with Gasteiger partial charge in [0, 0.05) is 13.6 Å². The van der Waals surface area contributed by atoms with E-state index >= 15 is 0 Å². The second-order valence-electron chi connectivity index (χ2n) is 6.80. The van der Waals surface area contributed by atoms with Crippen LogP contribution in [0.3, 0.4) is 0 Å². The third kappa shape index (κ3) is 8.46. The fourth-order valence-corrected chi connectivity index (χ4v) is 1.30. The highest BCUT2D eigenvalue weighted by atomic mass is 16.6. The third-order valence-electron chi connectivity index (χ3n) is 2.06. The molecule has 1 atom stereocenters. The fourth-order valence-electron chi connectivity index (χ4n) is 1.30. The van der Waals surface area contributed by atoms with Gasteiger partial charge < -0.3 is 14.4 Å². The highest BCUT2D eigenvalue weighted by molar-refractivity contribution is 5.74.